The first-order valence-corrected chi connectivity index (χ1v) is 7.65. The standard InChI is InChI=1S/C16H15BrN2O2/c1-11-8-12-4-2-3-5-14(12)18(10-11)15-7-6-13(17)9-16(15)19(20)21/h2-7,9,11H,8,10H2,1H3. The molecule has 0 spiro atoms. The maximum absolute atomic E-state index is 11.4. The molecule has 2 aromatic rings. The van der Waals surface area contributed by atoms with Crippen LogP contribution in [0.1, 0.15) is 12.5 Å². The van der Waals surface area contributed by atoms with Gasteiger partial charge in [-0.05, 0) is 36.1 Å². The lowest BCUT2D eigenvalue weighted by Crippen LogP contribution is -2.30. The van der Waals surface area contributed by atoms with E-state index in [1.54, 1.807) is 6.07 Å². The molecule has 1 unspecified atom stereocenters. The molecule has 5 heteroatoms. The van der Waals surface area contributed by atoms with Crippen LogP contribution < -0.4 is 4.90 Å². The van der Waals surface area contributed by atoms with Gasteiger partial charge in [0.05, 0.1) is 4.92 Å². The first-order chi connectivity index (χ1) is 10.1. The highest BCUT2D eigenvalue weighted by Gasteiger charge is 2.27. The van der Waals surface area contributed by atoms with Gasteiger partial charge in [0.2, 0.25) is 0 Å². The van der Waals surface area contributed by atoms with Gasteiger partial charge in [-0.3, -0.25) is 10.1 Å². The van der Waals surface area contributed by atoms with Crippen LogP contribution in [0, 0.1) is 16.0 Å². The quantitative estimate of drug-likeness (QED) is 0.585. The molecule has 1 atom stereocenters. The summed E-state index contributed by atoms with van der Waals surface area (Å²) in [5, 5.41) is 11.4. The number of hydrogen-bond acceptors (Lipinski definition) is 3. The zero-order valence-electron chi connectivity index (χ0n) is 11.6. The topological polar surface area (TPSA) is 46.4 Å². The van der Waals surface area contributed by atoms with E-state index >= 15 is 0 Å². The number of nitro benzene ring substituents is 1. The zero-order valence-corrected chi connectivity index (χ0v) is 13.2. The van der Waals surface area contributed by atoms with Crippen LogP contribution in [-0.2, 0) is 6.42 Å². The van der Waals surface area contributed by atoms with Gasteiger partial charge in [-0.1, -0.05) is 41.1 Å². The Bertz CT molecular complexity index is 702. The fourth-order valence-corrected chi connectivity index (χ4v) is 3.24. The summed E-state index contributed by atoms with van der Waals surface area (Å²) in [5.74, 6) is 0.461. The lowest BCUT2D eigenvalue weighted by Gasteiger charge is -2.34. The number of halogens is 1. The Hall–Kier alpha value is -1.88. The van der Waals surface area contributed by atoms with Crippen molar-refractivity contribution in [1.82, 2.24) is 0 Å². The van der Waals surface area contributed by atoms with E-state index in [4.69, 9.17) is 0 Å². The average molecular weight is 347 g/mol. The lowest BCUT2D eigenvalue weighted by molar-refractivity contribution is -0.384. The summed E-state index contributed by atoms with van der Waals surface area (Å²) in [7, 11) is 0. The normalized spacial score (nSPS) is 17.4. The number of nitrogens with zero attached hydrogens (tertiary/aromatic N) is 2. The monoisotopic (exact) mass is 346 g/mol. The Morgan fingerprint density at radius 2 is 2.00 bits per heavy atom. The second kappa shape index (κ2) is 5.48. The number of para-hydroxylation sites is 1. The van der Waals surface area contributed by atoms with Crippen LogP contribution in [-0.4, -0.2) is 11.5 Å². The molecule has 0 radical (unpaired) electrons. The Labute approximate surface area is 131 Å². The molecule has 0 bridgehead atoms. The van der Waals surface area contributed by atoms with E-state index in [1.165, 1.54) is 5.56 Å². The molecule has 0 aromatic heterocycles. The molecular formula is C16H15BrN2O2. The highest BCUT2D eigenvalue weighted by molar-refractivity contribution is 9.10. The van der Waals surface area contributed by atoms with Crippen molar-refractivity contribution in [1.29, 1.82) is 0 Å². The molecule has 1 aliphatic heterocycles. The third-order valence-corrected chi connectivity index (χ3v) is 4.26. The Kier molecular flexibility index (Phi) is 3.68. The van der Waals surface area contributed by atoms with Crippen LogP contribution in [0.3, 0.4) is 0 Å². The molecule has 4 nitrogen and oxygen atoms in total. The number of anilines is 2. The molecule has 0 saturated carbocycles. The minimum atomic E-state index is -0.317. The summed E-state index contributed by atoms with van der Waals surface area (Å²) >= 11 is 3.31. The zero-order chi connectivity index (χ0) is 15.0. The van der Waals surface area contributed by atoms with Gasteiger partial charge in [0.25, 0.3) is 5.69 Å². The van der Waals surface area contributed by atoms with Crippen molar-refractivity contribution in [3.05, 3.63) is 62.6 Å². The van der Waals surface area contributed by atoms with E-state index in [-0.39, 0.29) is 10.6 Å². The highest BCUT2D eigenvalue weighted by Crippen LogP contribution is 2.40. The Balaban J connectivity index is 2.15. The molecule has 0 fully saturated rings. The molecular weight excluding hydrogens is 332 g/mol. The molecule has 0 amide bonds. The second-order valence-corrected chi connectivity index (χ2v) is 6.35. The van der Waals surface area contributed by atoms with Crippen molar-refractivity contribution in [3.8, 4) is 0 Å². The molecule has 3 rings (SSSR count). The average Bonchev–Trinajstić information content (AvgIpc) is 2.46. The van der Waals surface area contributed by atoms with Crippen LogP contribution in [0.4, 0.5) is 17.1 Å². The van der Waals surface area contributed by atoms with Crippen molar-refractivity contribution in [2.24, 2.45) is 5.92 Å². The minimum Gasteiger partial charge on any atom is -0.335 e. The summed E-state index contributed by atoms with van der Waals surface area (Å²) in [4.78, 5) is 13.1. The predicted octanol–water partition coefficient (Wildman–Crippen LogP) is 4.69. The Morgan fingerprint density at radius 3 is 2.76 bits per heavy atom. The maximum atomic E-state index is 11.4. The third-order valence-electron chi connectivity index (χ3n) is 3.77. The van der Waals surface area contributed by atoms with Crippen molar-refractivity contribution in [2.45, 2.75) is 13.3 Å². The van der Waals surface area contributed by atoms with E-state index in [0.29, 0.717) is 11.6 Å². The summed E-state index contributed by atoms with van der Waals surface area (Å²) in [6.45, 7) is 2.97. The summed E-state index contributed by atoms with van der Waals surface area (Å²) in [6.07, 6.45) is 1.01. The largest absolute Gasteiger partial charge is 0.335 e. The fraction of sp³-hybridized carbons (Fsp3) is 0.250. The number of hydrogen-bond donors (Lipinski definition) is 0. The number of rotatable bonds is 2. The van der Waals surface area contributed by atoms with Crippen LogP contribution in [0.15, 0.2) is 46.9 Å². The van der Waals surface area contributed by atoms with Crippen molar-refractivity contribution < 1.29 is 4.92 Å². The van der Waals surface area contributed by atoms with Gasteiger partial charge in [0.1, 0.15) is 5.69 Å². The van der Waals surface area contributed by atoms with Gasteiger partial charge in [-0.15, -0.1) is 0 Å². The van der Waals surface area contributed by atoms with Crippen LogP contribution in [0.25, 0.3) is 0 Å². The highest BCUT2D eigenvalue weighted by atomic mass is 79.9. The lowest BCUT2D eigenvalue weighted by atomic mass is 9.93. The second-order valence-electron chi connectivity index (χ2n) is 5.44. The molecule has 2 aromatic carbocycles. The van der Waals surface area contributed by atoms with Gasteiger partial charge in [0.15, 0.2) is 0 Å². The molecule has 1 heterocycles. The summed E-state index contributed by atoms with van der Waals surface area (Å²) in [5.41, 5.74) is 3.10. The predicted molar refractivity (Wildman–Crippen MR) is 87.1 cm³/mol. The molecule has 0 saturated heterocycles. The molecule has 0 N–H and O–H groups in total. The maximum Gasteiger partial charge on any atom is 0.294 e. The SMILES string of the molecule is CC1Cc2ccccc2N(c2ccc(Br)cc2[N+](=O)[O-])C1. The van der Waals surface area contributed by atoms with Crippen LogP contribution in [0.5, 0.6) is 0 Å². The van der Waals surface area contributed by atoms with Gasteiger partial charge >= 0.3 is 0 Å². The number of benzene rings is 2. The van der Waals surface area contributed by atoms with Gasteiger partial charge in [-0.2, -0.15) is 0 Å². The first kappa shape index (κ1) is 14.1. The van der Waals surface area contributed by atoms with Crippen LogP contribution >= 0.6 is 15.9 Å². The molecule has 108 valence electrons. The smallest absolute Gasteiger partial charge is 0.294 e. The van der Waals surface area contributed by atoms with E-state index in [1.807, 2.05) is 30.3 Å². The fourth-order valence-electron chi connectivity index (χ4n) is 2.90. The molecule has 0 aliphatic carbocycles. The Morgan fingerprint density at radius 1 is 1.24 bits per heavy atom. The van der Waals surface area contributed by atoms with E-state index in [0.717, 1.165) is 23.1 Å². The number of fused-ring (bicyclic) bond motifs is 1. The van der Waals surface area contributed by atoms with Crippen molar-refractivity contribution >= 4 is 33.0 Å². The minimum absolute atomic E-state index is 0.133. The first-order valence-electron chi connectivity index (χ1n) is 6.85. The van der Waals surface area contributed by atoms with Gasteiger partial charge in [-0.25, -0.2) is 0 Å². The van der Waals surface area contributed by atoms with E-state index in [2.05, 4.69) is 33.8 Å². The van der Waals surface area contributed by atoms with Crippen LogP contribution in [0.2, 0.25) is 0 Å². The van der Waals surface area contributed by atoms with Crippen molar-refractivity contribution in [2.75, 3.05) is 11.4 Å². The summed E-state index contributed by atoms with van der Waals surface area (Å²) < 4.78 is 0.719. The van der Waals surface area contributed by atoms with Gasteiger partial charge < -0.3 is 4.90 Å². The van der Waals surface area contributed by atoms with Gasteiger partial charge in [0, 0.05) is 22.8 Å². The van der Waals surface area contributed by atoms with E-state index < -0.39 is 0 Å². The molecule has 21 heavy (non-hydrogen) atoms. The molecule has 1 aliphatic rings. The summed E-state index contributed by atoms with van der Waals surface area (Å²) in [6, 6.07) is 13.4. The van der Waals surface area contributed by atoms with Crippen molar-refractivity contribution in [3.63, 3.8) is 0 Å². The van der Waals surface area contributed by atoms with E-state index in [9.17, 15) is 10.1 Å². The number of nitro groups is 1. The third kappa shape index (κ3) is 2.65.